The molecule has 4 unspecified atom stereocenters. The zero-order valence-electron chi connectivity index (χ0n) is 18.9. The molecule has 14 heteroatoms. The third kappa shape index (κ3) is 4.89. The fraction of sp³-hybridized carbons (Fsp3) is 0.905. The Balaban J connectivity index is 1.51. The van der Waals surface area contributed by atoms with Gasteiger partial charge >= 0.3 is 27.5 Å². The molecule has 8 nitrogen and oxygen atoms in total. The number of rotatable bonds is 7. The molecule has 1 heterocycles. The molecule has 0 spiro atoms. The molecule has 198 valence electrons. The lowest BCUT2D eigenvalue weighted by Crippen LogP contribution is -2.64. The van der Waals surface area contributed by atoms with Crippen LogP contribution in [0, 0.1) is 34.5 Å². The maximum Gasteiger partial charge on any atom is 0.446 e. The average Bonchev–Trinajstić information content (AvgIpc) is 2.74. The molecule has 1 amide bonds. The fourth-order valence-electron chi connectivity index (χ4n) is 6.35. The summed E-state index contributed by atoms with van der Waals surface area (Å²) in [7, 11) is -6.38. The molecule has 5 aliphatic rings. The molecule has 5 rings (SSSR count). The highest BCUT2D eigenvalue weighted by Crippen LogP contribution is 2.59. The molecule has 0 aromatic heterocycles. The number of hydrogen-bond acceptors (Lipinski definition) is 7. The molecule has 4 atom stereocenters. The topological polar surface area (TPSA) is 115 Å². The average molecular weight is 531 g/mol. The highest BCUT2D eigenvalue weighted by atomic mass is 32.2. The molecular formula is C21H27F5N2O6S. The molecule has 35 heavy (non-hydrogen) atoms. The van der Waals surface area contributed by atoms with Gasteiger partial charge in [0.2, 0.25) is 0 Å². The van der Waals surface area contributed by atoms with Gasteiger partial charge in [-0.1, -0.05) is 0 Å². The van der Waals surface area contributed by atoms with Gasteiger partial charge in [-0.05, 0) is 63.2 Å². The number of halogens is 5. The Morgan fingerprint density at radius 3 is 2.23 bits per heavy atom. The van der Waals surface area contributed by atoms with Crippen molar-refractivity contribution in [3.63, 3.8) is 0 Å². The van der Waals surface area contributed by atoms with Crippen molar-refractivity contribution in [2.45, 2.75) is 81.2 Å². The van der Waals surface area contributed by atoms with Gasteiger partial charge in [-0.2, -0.15) is 35.6 Å². The normalized spacial score (nSPS) is 35.3. The van der Waals surface area contributed by atoms with Crippen LogP contribution >= 0.6 is 0 Å². The van der Waals surface area contributed by atoms with Gasteiger partial charge < -0.3 is 14.8 Å². The van der Waals surface area contributed by atoms with Crippen molar-refractivity contribution in [2.24, 2.45) is 23.2 Å². The first kappa shape index (κ1) is 26.5. The number of nitrogens with one attached hydrogen (secondary N) is 1. The van der Waals surface area contributed by atoms with E-state index in [1.165, 1.54) is 0 Å². The van der Waals surface area contributed by atoms with Gasteiger partial charge in [-0.25, -0.2) is 0 Å². The summed E-state index contributed by atoms with van der Waals surface area (Å²) in [6, 6.07) is 1.12. The van der Waals surface area contributed by atoms with Gasteiger partial charge in [0.25, 0.3) is 0 Å². The number of nitriles is 1. The maximum absolute atomic E-state index is 14.8. The molecule has 4 bridgehead atoms. The van der Waals surface area contributed by atoms with E-state index >= 15 is 0 Å². The Morgan fingerprint density at radius 2 is 1.71 bits per heavy atom. The van der Waals surface area contributed by atoms with Crippen molar-refractivity contribution in [3.8, 4) is 6.07 Å². The minimum atomic E-state index is -6.38. The first-order valence-electron chi connectivity index (χ1n) is 11.5. The van der Waals surface area contributed by atoms with Crippen LogP contribution in [-0.4, -0.2) is 56.9 Å². The number of alkyl halides is 5. The van der Waals surface area contributed by atoms with E-state index in [9.17, 15) is 40.4 Å². The number of amides is 1. The molecule has 0 radical (unpaired) electrons. The van der Waals surface area contributed by atoms with E-state index in [4.69, 9.17) is 9.47 Å². The summed E-state index contributed by atoms with van der Waals surface area (Å²) in [6.07, 6.45) is -6.54. The predicted octanol–water partition coefficient (Wildman–Crippen LogP) is 3.23. The smallest absolute Gasteiger partial charge is 0.350 e. The van der Waals surface area contributed by atoms with Crippen molar-refractivity contribution in [1.29, 1.82) is 5.26 Å². The van der Waals surface area contributed by atoms with Gasteiger partial charge in [0.05, 0.1) is 30.7 Å². The third-order valence-corrected chi connectivity index (χ3v) is 8.97. The van der Waals surface area contributed by atoms with E-state index in [0.29, 0.717) is 32.1 Å². The van der Waals surface area contributed by atoms with Crippen molar-refractivity contribution < 1.29 is 48.8 Å². The van der Waals surface area contributed by atoms with Crippen LogP contribution in [0.1, 0.15) is 51.9 Å². The Morgan fingerprint density at radius 1 is 1.14 bits per heavy atom. The van der Waals surface area contributed by atoms with Crippen LogP contribution in [0.5, 0.6) is 0 Å². The van der Waals surface area contributed by atoms with Crippen LogP contribution in [0.25, 0.3) is 0 Å². The second-order valence-electron chi connectivity index (χ2n) is 10.3. The Kier molecular flexibility index (Phi) is 6.65. The summed E-state index contributed by atoms with van der Waals surface area (Å²) in [5.74, 6) is -4.04. The SMILES string of the molecule is CC1(CC(OS(=O)(=O)C(F)(F)C(=O)NC2C3CC4CC(C3)CC2(C#N)C4)C(F)(F)F)OCCCO1. The highest BCUT2D eigenvalue weighted by molar-refractivity contribution is 7.88. The molecule has 1 aliphatic heterocycles. The van der Waals surface area contributed by atoms with E-state index in [1.807, 2.05) is 5.32 Å². The van der Waals surface area contributed by atoms with Crippen LogP contribution in [0.2, 0.25) is 0 Å². The summed E-state index contributed by atoms with van der Waals surface area (Å²) in [5.41, 5.74) is -1.11. The predicted molar refractivity (Wildman–Crippen MR) is 108 cm³/mol. The Bertz CT molecular complexity index is 977. The van der Waals surface area contributed by atoms with Gasteiger partial charge in [0.1, 0.15) is 0 Å². The van der Waals surface area contributed by atoms with E-state index in [-0.39, 0.29) is 31.0 Å². The van der Waals surface area contributed by atoms with E-state index in [2.05, 4.69) is 10.3 Å². The number of hydrogen-bond donors (Lipinski definition) is 1. The molecule has 4 aliphatic carbocycles. The molecular weight excluding hydrogens is 503 g/mol. The lowest BCUT2D eigenvalue weighted by Gasteiger charge is -2.58. The van der Waals surface area contributed by atoms with Crippen LogP contribution in [0.15, 0.2) is 0 Å². The van der Waals surface area contributed by atoms with E-state index < -0.39 is 57.2 Å². The summed E-state index contributed by atoms with van der Waals surface area (Å²) < 4.78 is 109. The van der Waals surface area contributed by atoms with E-state index in [1.54, 1.807) is 0 Å². The van der Waals surface area contributed by atoms with Crippen molar-refractivity contribution in [3.05, 3.63) is 0 Å². The molecule has 5 fully saturated rings. The maximum atomic E-state index is 14.8. The van der Waals surface area contributed by atoms with Crippen LogP contribution in [-0.2, 0) is 28.6 Å². The number of ether oxygens (including phenoxy) is 2. The van der Waals surface area contributed by atoms with Crippen molar-refractivity contribution in [1.82, 2.24) is 5.32 Å². The van der Waals surface area contributed by atoms with Gasteiger partial charge in [-0.15, -0.1) is 0 Å². The molecule has 1 saturated heterocycles. The van der Waals surface area contributed by atoms with Crippen LogP contribution in [0.3, 0.4) is 0 Å². The second kappa shape index (κ2) is 8.78. The fourth-order valence-corrected chi connectivity index (χ4v) is 7.24. The highest BCUT2D eigenvalue weighted by Gasteiger charge is 2.63. The first-order chi connectivity index (χ1) is 16.1. The van der Waals surface area contributed by atoms with Crippen molar-refractivity contribution in [2.75, 3.05) is 13.2 Å². The Hall–Kier alpha value is -1.56. The van der Waals surface area contributed by atoms with Gasteiger partial charge in [0, 0.05) is 6.42 Å². The largest absolute Gasteiger partial charge is 0.446 e. The van der Waals surface area contributed by atoms with Gasteiger partial charge in [-0.3, -0.25) is 8.98 Å². The van der Waals surface area contributed by atoms with Gasteiger partial charge in [0.15, 0.2) is 11.9 Å². The zero-order chi connectivity index (χ0) is 25.9. The summed E-state index contributed by atoms with van der Waals surface area (Å²) in [4.78, 5) is 12.5. The van der Waals surface area contributed by atoms with Crippen LogP contribution in [0.4, 0.5) is 22.0 Å². The molecule has 1 N–H and O–H groups in total. The lowest BCUT2D eigenvalue weighted by atomic mass is 9.48. The number of carbonyl (C=O) groups is 1. The first-order valence-corrected chi connectivity index (χ1v) is 12.9. The minimum Gasteiger partial charge on any atom is -0.350 e. The van der Waals surface area contributed by atoms with Crippen molar-refractivity contribution >= 4 is 16.0 Å². The Labute approximate surface area is 199 Å². The standard InChI is InChI=1S/C21H27F5N2O6S/c1-18(32-3-2-4-33-18)10-15(20(22,23)24)34-35(30,31)21(25,26)17(29)28-16-14-6-12-5-13(7-14)9-19(16,8-12)11-27/h12-16H,2-10H2,1H3,(H,28,29). The summed E-state index contributed by atoms with van der Waals surface area (Å²) in [5, 5.41) is 6.46. The molecule has 0 aromatic carbocycles. The monoisotopic (exact) mass is 530 g/mol. The lowest BCUT2D eigenvalue weighted by molar-refractivity contribution is -0.288. The summed E-state index contributed by atoms with van der Waals surface area (Å²) >= 11 is 0. The second-order valence-corrected chi connectivity index (χ2v) is 11.9. The third-order valence-electron chi connectivity index (χ3n) is 7.67. The van der Waals surface area contributed by atoms with E-state index in [0.717, 1.165) is 13.3 Å². The molecule has 4 saturated carbocycles. The summed E-state index contributed by atoms with van der Waals surface area (Å²) in [6.45, 7) is 1.16. The van der Waals surface area contributed by atoms with Crippen LogP contribution < -0.4 is 5.32 Å². The minimum absolute atomic E-state index is 0.0251. The quantitative estimate of drug-likeness (QED) is 0.397. The number of nitrogens with zero attached hydrogens (tertiary/aromatic N) is 1. The molecule has 0 aromatic rings. The zero-order valence-corrected chi connectivity index (χ0v) is 19.8. The number of carbonyl (C=O) groups excluding carboxylic acids is 1.